The summed E-state index contributed by atoms with van der Waals surface area (Å²) in [7, 11) is 0. The van der Waals surface area contributed by atoms with Gasteiger partial charge in [-0.05, 0) is 36.8 Å². The van der Waals surface area contributed by atoms with Gasteiger partial charge in [0.25, 0.3) is 5.91 Å². The number of hydrogen-bond donors (Lipinski definition) is 1. The third kappa shape index (κ3) is 4.73. The first-order valence-electron chi connectivity index (χ1n) is 10.4. The van der Waals surface area contributed by atoms with Crippen molar-refractivity contribution in [2.24, 2.45) is 5.92 Å². The third-order valence-electron chi connectivity index (χ3n) is 5.98. The summed E-state index contributed by atoms with van der Waals surface area (Å²) in [6.45, 7) is 4.32. The Morgan fingerprint density at radius 3 is 2.53 bits per heavy atom. The summed E-state index contributed by atoms with van der Waals surface area (Å²) in [5.41, 5.74) is 2.97. The van der Waals surface area contributed by atoms with Gasteiger partial charge >= 0.3 is 0 Å². The lowest BCUT2D eigenvalue weighted by Crippen LogP contribution is -2.48. The van der Waals surface area contributed by atoms with Crippen LogP contribution in [0.3, 0.4) is 0 Å². The Kier molecular flexibility index (Phi) is 6.18. The molecule has 3 amide bonds. The van der Waals surface area contributed by atoms with Gasteiger partial charge in [-0.2, -0.15) is 11.3 Å². The summed E-state index contributed by atoms with van der Waals surface area (Å²) in [5, 5.41) is 6.79. The predicted octanol–water partition coefficient (Wildman–Crippen LogP) is 2.83. The molecule has 6 nitrogen and oxygen atoms in total. The molecule has 1 aromatic heterocycles. The number of piperidine rings is 1. The maximum absolute atomic E-state index is 13.0. The molecule has 158 valence electrons. The number of aryl methyl sites for hydroxylation is 1. The van der Waals surface area contributed by atoms with E-state index in [1.165, 1.54) is 16.9 Å². The minimum Gasteiger partial charge on any atom is -0.349 e. The lowest BCUT2D eigenvalue weighted by Gasteiger charge is -2.33. The number of carbonyl (C=O) groups is 3. The summed E-state index contributed by atoms with van der Waals surface area (Å²) in [4.78, 5) is 41.3. The molecule has 0 spiro atoms. The second kappa shape index (κ2) is 9.00. The van der Waals surface area contributed by atoms with Crippen LogP contribution in [-0.2, 0) is 16.1 Å². The van der Waals surface area contributed by atoms with Gasteiger partial charge in [-0.3, -0.25) is 14.4 Å². The maximum atomic E-state index is 13.0. The van der Waals surface area contributed by atoms with Crippen molar-refractivity contribution < 1.29 is 14.4 Å². The van der Waals surface area contributed by atoms with Crippen LogP contribution in [0.2, 0.25) is 0 Å². The number of carbonyl (C=O) groups excluding carboxylic acids is 3. The fourth-order valence-corrected chi connectivity index (χ4v) is 4.81. The van der Waals surface area contributed by atoms with E-state index in [-0.39, 0.29) is 29.7 Å². The normalized spacial score (nSPS) is 19.9. The number of hydrogen-bond acceptors (Lipinski definition) is 4. The van der Waals surface area contributed by atoms with Gasteiger partial charge in [0, 0.05) is 49.6 Å². The highest BCUT2D eigenvalue weighted by Gasteiger charge is 2.37. The van der Waals surface area contributed by atoms with E-state index in [4.69, 9.17) is 0 Å². The van der Waals surface area contributed by atoms with E-state index in [1.807, 2.05) is 52.9 Å². The summed E-state index contributed by atoms with van der Waals surface area (Å²) < 4.78 is 0. The highest BCUT2D eigenvalue weighted by atomic mass is 32.1. The van der Waals surface area contributed by atoms with E-state index < -0.39 is 0 Å². The van der Waals surface area contributed by atoms with Crippen molar-refractivity contribution in [3.05, 3.63) is 57.8 Å². The number of amides is 3. The summed E-state index contributed by atoms with van der Waals surface area (Å²) in [6, 6.07) is 10.1. The van der Waals surface area contributed by atoms with Crippen LogP contribution in [0.25, 0.3) is 0 Å². The van der Waals surface area contributed by atoms with E-state index in [2.05, 4.69) is 5.32 Å². The highest BCUT2D eigenvalue weighted by Crippen LogP contribution is 2.24. The molecule has 1 N–H and O–H groups in total. The molecule has 4 rings (SSSR count). The molecule has 30 heavy (non-hydrogen) atoms. The number of thiophene rings is 1. The molecule has 2 saturated heterocycles. The average molecular weight is 426 g/mol. The zero-order chi connectivity index (χ0) is 21.1. The minimum atomic E-state index is -0.264. The zero-order valence-corrected chi connectivity index (χ0v) is 18.0. The number of nitrogens with zero attached hydrogens (tertiary/aromatic N) is 2. The molecule has 2 aliphatic rings. The van der Waals surface area contributed by atoms with Crippen molar-refractivity contribution in [1.29, 1.82) is 0 Å². The maximum Gasteiger partial charge on any atom is 0.252 e. The summed E-state index contributed by atoms with van der Waals surface area (Å²) in [6.07, 6.45) is 1.78. The topological polar surface area (TPSA) is 69.7 Å². The first-order chi connectivity index (χ1) is 14.5. The first kappa shape index (κ1) is 20.6. The summed E-state index contributed by atoms with van der Waals surface area (Å²) in [5.74, 6) is -0.196. The second-order valence-corrected chi connectivity index (χ2v) is 9.03. The second-order valence-electron chi connectivity index (χ2n) is 8.25. The van der Waals surface area contributed by atoms with Gasteiger partial charge < -0.3 is 15.1 Å². The van der Waals surface area contributed by atoms with Crippen molar-refractivity contribution in [2.45, 2.75) is 38.8 Å². The molecule has 0 saturated carbocycles. The Morgan fingerprint density at radius 2 is 1.87 bits per heavy atom. The van der Waals surface area contributed by atoms with Crippen molar-refractivity contribution in [3.63, 3.8) is 0 Å². The lowest BCUT2D eigenvalue weighted by molar-refractivity contribution is -0.136. The Hall–Kier alpha value is -2.67. The number of likely N-dealkylation sites (tertiary alicyclic amines) is 2. The lowest BCUT2D eigenvalue weighted by atomic mass is 10.0. The van der Waals surface area contributed by atoms with Crippen molar-refractivity contribution in [1.82, 2.24) is 15.1 Å². The van der Waals surface area contributed by atoms with Crippen LogP contribution in [0.1, 0.15) is 40.7 Å². The van der Waals surface area contributed by atoms with Gasteiger partial charge in [-0.15, -0.1) is 0 Å². The molecule has 2 aromatic rings. The smallest absolute Gasteiger partial charge is 0.252 e. The highest BCUT2D eigenvalue weighted by molar-refractivity contribution is 7.08. The van der Waals surface area contributed by atoms with Gasteiger partial charge in [0.1, 0.15) is 0 Å². The Morgan fingerprint density at radius 1 is 1.13 bits per heavy atom. The van der Waals surface area contributed by atoms with E-state index >= 15 is 0 Å². The SMILES string of the molecule is Cc1ccc(CN2CC(C(=O)N3CCC(NC(=O)c4ccsc4)CC3)CC2=O)cc1. The van der Waals surface area contributed by atoms with Crippen LogP contribution in [-0.4, -0.2) is 53.2 Å². The van der Waals surface area contributed by atoms with Crippen molar-refractivity contribution >= 4 is 29.1 Å². The largest absolute Gasteiger partial charge is 0.349 e. The minimum absolute atomic E-state index is 0.0471. The van der Waals surface area contributed by atoms with Crippen molar-refractivity contribution in [3.8, 4) is 0 Å². The van der Waals surface area contributed by atoms with E-state index in [0.29, 0.717) is 38.2 Å². The quantitative estimate of drug-likeness (QED) is 0.801. The monoisotopic (exact) mass is 425 g/mol. The van der Waals surface area contributed by atoms with E-state index in [1.54, 1.807) is 4.90 Å². The van der Waals surface area contributed by atoms with Crippen molar-refractivity contribution in [2.75, 3.05) is 19.6 Å². The Labute approximate surface area is 180 Å². The van der Waals surface area contributed by atoms with Gasteiger partial charge in [0.15, 0.2) is 0 Å². The molecule has 1 unspecified atom stereocenters. The van der Waals surface area contributed by atoms with Crippen LogP contribution in [0.5, 0.6) is 0 Å². The predicted molar refractivity (Wildman–Crippen MR) is 116 cm³/mol. The summed E-state index contributed by atoms with van der Waals surface area (Å²) >= 11 is 1.50. The zero-order valence-electron chi connectivity index (χ0n) is 17.2. The molecule has 7 heteroatoms. The molecule has 1 atom stereocenters. The van der Waals surface area contributed by atoms with E-state index in [9.17, 15) is 14.4 Å². The van der Waals surface area contributed by atoms with Gasteiger partial charge in [-0.1, -0.05) is 29.8 Å². The number of rotatable bonds is 5. The van der Waals surface area contributed by atoms with Gasteiger partial charge in [0.05, 0.1) is 5.92 Å². The van der Waals surface area contributed by atoms with Crippen LogP contribution >= 0.6 is 11.3 Å². The van der Waals surface area contributed by atoms with Gasteiger partial charge in [-0.25, -0.2) is 0 Å². The van der Waals surface area contributed by atoms with E-state index in [0.717, 1.165) is 18.4 Å². The molecule has 2 fully saturated rings. The molecular formula is C23H27N3O3S. The third-order valence-corrected chi connectivity index (χ3v) is 6.67. The molecule has 0 radical (unpaired) electrons. The average Bonchev–Trinajstić information content (AvgIpc) is 3.40. The molecular weight excluding hydrogens is 398 g/mol. The van der Waals surface area contributed by atoms with Crippen LogP contribution in [0, 0.1) is 12.8 Å². The standard InChI is InChI=1S/C23H27N3O3S/c1-16-2-4-17(5-3-16)13-26-14-19(12-21(26)27)23(29)25-9-6-20(7-10-25)24-22(28)18-8-11-30-15-18/h2-5,8,11,15,19-20H,6-7,9-10,12-14H2,1H3,(H,24,28). The Balaban J connectivity index is 1.26. The number of benzene rings is 1. The molecule has 1 aromatic carbocycles. The molecule has 0 bridgehead atoms. The molecule has 0 aliphatic carbocycles. The Bertz CT molecular complexity index is 902. The van der Waals surface area contributed by atoms with Crippen LogP contribution < -0.4 is 5.32 Å². The fraction of sp³-hybridized carbons (Fsp3) is 0.435. The van der Waals surface area contributed by atoms with Crippen LogP contribution in [0.4, 0.5) is 0 Å². The number of nitrogens with one attached hydrogen (secondary N) is 1. The molecule has 3 heterocycles. The fourth-order valence-electron chi connectivity index (χ4n) is 4.17. The molecule has 2 aliphatic heterocycles. The van der Waals surface area contributed by atoms with Crippen LogP contribution in [0.15, 0.2) is 41.1 Å². The first-order valence-corrected chi connectivity index (χ1v) is 11.4. The van der Waals surface area contributed by atoms with Gasteiger partial charge in [0.2, 0.25) is 11.8 Å².